The molecule has 0 aliphatic carbocycles. The van der Waals surface area contributed by atoms with E-state index in [4.69, 9.17) is 0 Å². The molecule has 0 saturated carbocycles. The summed E-state index contributed by atoms with van der Waals surface area (Å²) in [6.45, 7) is 4.42. The molecule has 3 heterocycles. The highest BCUT2D eigenvalue weighted by atomic mass is 16.2. The second-order valence-corrected chi connectivity index (χ2v) is 6.11. The van der Waals surface area contributed by atoms with Gasteiger partial charge in [0.1, 0.15) is 6.04 Å². The van der Waals surface area contributed by atoms with Gasteiger partial charge in [-0.15, -0.1) is 5.10 Å². The number of amides is 1. The van der Waals surface area contributed by atoms with E-state index in [9.17, 15) is 4.79 Å². The second kappa shape index (κ2) is 6.58. The van der Waals surface area contributed by atoms with Crippen molar-refractivity contribution < 1.29 is 4.79 Å². The largest absolute Gasteiger partial charge is 0.355 e. The Balaban J connectivity index is 1.54. The van der Waals surface area contributed by atoms with Gasteiger partial charge >= 0.3 is 0 Å². The lowest BCUT2D eigenvalue weighted by molar-refractivity contribution is -0.134. The molecular formula is C15H24N6O. The van der Waals surface area contributed by atoms with E-state index in [2.05, 4.69) is 33.0 Å². The minimum Gasteiger partial charge on any atom is -0.355 e. The summed E-state index contributed by atoms with van der Waals surface area (Å²) in [5, 5.41) is 8.37. The van der Waals surface area contributed by atoms with E-state index in [-0.39, 0.29) is 11.9 Å². The third-order valence-corrected chi connectivity index (χ3v) is 4.60. The molecule has 7 heteroatoms. The van der Waals surface area contributed by atoms with Crippen LogP contribution in [0.2, 0.25) is 0 Å². The fourth-order valence-corrected chi connectivity index (χ4v) is 3.13. The van der Waals surface area contributed by atoms with Crippen LogP contribution in [0, 0.1) is 6.92 Å². The molecule has 1 atom stereocenters. The Morgan fingerprint density at radius 3 is 2.64 bits per heavy atom. The lowest BCUT2D eigenvalue weighted by Crippen LogP contribution is -2.51. The number of hydrogen-bond donors (Lipinski definition) is 2. The molecule has 1 unspecified atom stereocenters. The first-order chi connectivity index (χ1) is 10.6. The molecule has 0 spiro atoms. The maximum atomic E-state index is 12.4. The van der Waals surface area contributed by atoms with E-state index in [0.717, 1.165) is 50.4 Å². The number of carbonyl (C=O) groups excluding carboxylic acids is 1. The van der Waals surface area contributed by atoms with Gasteiger partial charge in [0.25, 0.3) is 0 Å². The molecule has 2 aliphatic heterocycles. The lowest BCUT2D eigenvalue weighted by atomic mass is 10.0. The first kappa shape index (κ1) is 15.2. The van der Waals surface area contributed by atoms with Crippen LogP contribution in [0.1, 0.15) is 25.0 Å². The fourth-order valence-electron chi connectivity index (χ4n) is 3.13. The molecule has 2 N–H and O–H groups in total. The first-order valence-corrected chi connectivity index (χ1v) is 7.95. The van der Waals surface area contributed by atoms with Gasteiger partial charge in [0.2, 0.25) is 5.91 Å². The molecule has 3 rings (SSSR count). The minimum absolute atomic E-state index is 0.0581. The molecule has 2 aliphatic rings. The summed E-state index contributed by atoms with van der Waals surface area (Å²) < 4.78 is 0. The summed E-state index contributed by atoms with van der Waals surface area (Å²) in [5.74, 6) is 1.12. The quantitative estimate of drug-likeness (QED) is 0.824. The predicted molar refractivity (Wildman–Crippen MR) is 84.3 cm³/mol. The normalized spacial score (nSPS) is 22.8. The zero-order valence-electron chi connectivity index (χ0n) is 13.2. The van der Waals surface area contributed by atoms with Gasteiger partial charge < -0.3 is 9.80 Å². The Hall–Kier alpha value is -1.73. The highest BCUT2D eigenvalue weighted by Crippen LogP contribution is 2.21. The van der Waals surface area contributed by atoms with Crippen LogP contribution in [-0.4, -0.2) is 59.8 Å². The van der Waals surface area contributed by atoms with E-state index in [1.807, 2.05) is 24.0 Å². The zero-order valence-corrected chi connectivity index (χ0v) is 13.2. The summed E-state index contributed by atoms with van der Waals surface area (Å²) in [6, 6.07) is 4.34. The summed E-state index contributed by atoms with van der Waals surface area (Å²) in [6.07, 6.45) is 2.81. The van der Waals surface area contributed by atoms with Gasteiger partial charge in [0.05, 0.1) is 5.69 Å². The zero-order chi connectivity index (χ0) is 15.5. The van der Waals surface area contributed by atoms with Gasteiger partial charge in [0.15, 0.2) is 5.82 Å². The van der Waals surface area contributed by atoms with Gasteiger partial charge in [-0.05, 0) is 38.3 Å². The van der Waals surface area contributed by atoms with E-state index in [0.29, 0.717) is 6.04 Å². The van der Waals surface area contributed by atoms with Gasteiger partial charge in [-0.1, -0.05) is 0 Å². The molecule has 1 amide bonds. The number of hydrogen-bond acceptors (Lipinski definition) is 6. The summed E-state index contributed by atoms with van der Waals surface area (Å²) in [4.78, 5) is 16.5. The van der Waals surface area contributed by atoms with Gasteiger partial charge in [-0.3, -0.25) is 10.2 Å². The average Bonchev–Trinajstić information content (AvgIpc) is 3.09. The molecule has 2 saturated heterocycles. The Morgan fingerprint density at radius 1 is 1.27 bits per heavy atom. The predicted octanol–water partition coefficient (Wildman–Crippen LogP) is 0.0787. The first-order valence-electron chi connectivity index (χ1n) is 7.95. The van der Waals surface area contributed by atoms with Crippen molar-refractivity contribution in [2.75, 3.05) is 31.6 Å². The molecule has 1 aromatic rings. The molecule has 0 aromatic carbocycles. The van der Waals surface area contributed by atoms with Crippen LogP contribution in [-0.2, 0) is 4.79 Å². The van der Waals surface area contributed by atoms with Crippen molar-refractivity contribution in [1.82, 2.24) is 25.9 Å². The van der Waals surface area contributed by atoms with Crippen LogP contribution in [0.4, 0.5) is 5.82 Å². The van der Waals surface area contributed by atoms with Crippen LogP contribution in [0.25, 0.3) is 0 Å². The number of rotatable bonds is 3. The highest BCUT2D eigenvalue weighted by molar-refractivity contribution is 5.82. The van der Waals surface area contributed by atoms with E-state index >= 15 is 0 Å². The van der Waals surface area contributed by atoms with Gasteiger partial charge in [-0.2, -0.15) is 5.10 Å². The van der Waals surface area contributed by atoms with Crippen molar-refractivity contribution in [3.8, 4) is 0 Å². The van der Waals surface area contributed by atoms with Gasteiger partial charge in [-0.25, -0.2) is 5.43 Å². The molecule has 2 fully saturated rings. The fraction of sp³-hybridized carbons (Fsp3) is 0.667. The number of anilines is 1. The maximum absolute atomic E-state index is 12.4. The minimum atomic E-state index is -0.0581. The van der Waals surface area contributed by atoms with Crippen molar-refractivity contribution in [1.29, 1.82) is 0 Å². The number of aryl methyl sites for hydroxylation is 1. The topological polar surface area (TPSA) is 73.4 Å². The number of likely N-dealkylation sites (tertiary alicyclic amines) is 1. The van der Waals surface area contributed by atoms with Crippen LogP contribution < -0.4 is 15.8 Å². The van der Waals surface area contributed by atoms with Crippen molar-refractivity contribution in [3.63, 3.8) is 0 Å². The summed E-state index contributed by atoms with van der Waals surface area (Å²) in [5.41, 5.74) is 7.00. The number of nitrogens with one attached hydrogen (secondary N) is 2. The van der Waals surface area contributed by atoms with Crippen molar-refractivity contribution in [3.05, 3.63) is 17.8 Å². The third-order valence-electron chi connectivity index (χ3n) is 4.60. The number of hydrazine groups is 1. The standard InChI is InChI=1S/C15H24N6O/c1-11-3-4-14(19-17-11)20(2)12-6-9-21(10-7-12)15(22)13-5-8-16-18-13/h3-4,12-13,16,18H,5-10H2,1-2H3. The monoisotopic (exact) mass is 304 g/mol. The average molecular weight is 304 g/mol. The van der Waals surface area contributed by atoms with E-state index in [1.165, 1.54) is 0 Å². The van der Waals surface area contributed by atoms with Crippen LogP contribution in [0.5, 0.6) is 0 Å². The smallest absolute Gasteiger partial charge is 0.241 e. The lowest BCUT2D eigenvalue weighted by Gasteiger charge is -2.37. The third kappa shape index (κ3) is 3.20. The van der Waals surface area contributed by atoms with Crippen molar-refractivity contribution in [2.45, 2.75) is 38.3 Å². The molecule has 0 radical (unpaired) electrons. The Labute approximate surface area is 131 Å². The highest BCUT2D eigenvalue weighted by Gasteiger charge is 2.31. The molecular weight excluding hydrogens is 280 g/mol. The molecule has 22 heavy (non-hydrogen) atoms. The molecule has 120 valence electrons. The van der Waals surface area contributed by atoms with E-state index < -0.39 is 0 Å². The van der Waals surface area contributed by atoms with Crippen LogP contribution in [0.15, 0.2) is 12.1 Å². The number of nitrogens with zero attached hydrogens (tertiary/aromatic N) is 4. The Morgan fingerprint density at radius 2 is 2.05 bits per heavy atom. The number of carbonyl (C=O) groups is 1. The summed E-state index contributed by atoms with van der Waals surface area (Å²) in [7, 11) is 2.06. The maximum Gasteiger partial charge on any atom is 0.241 e. The van der Waals surface area contributed by atoms with Crippen LogP contribution >= 0.6 is 0 Å². The molecule has 1 aromatic heterocycles. The number of piperidine rings is 1. The van der Waals surface area contributed by atoms with Crippen molar-refractivity contribution in [2.24, 2.45) is 0 Å². The van der Waals surface area contributed by atoms with Crippen LogP contribution in [0.3, 0.4) is 0 Å². The second-order valence-electron chi connectivity index (χ2n) is 6.11. The number of aromatic nitrogens is 2. The molecule has 0 bridgehead atoms. The van der Waals surface area contributed by atoms with E-state index in [1.54, 1.807) is 0 Å². The Bertz CT molecular complexity index is 505. The van der Waals surface area contributed by atoms with Crippen molar-refractivity contribution >= 4 is 11.7 Å². The Kier molecular flexibility index (Phi) is 4.54. The SMILES string of the molecule is Cc1ccc(N(C)C2CCN(C(=O)C3CCNN3)CC2)nn1. The summed E-state index contributed by atoms with van der Waals surface area (Å²) >= 11 is 0. The van der Waals surface area contributed by atoms with Gasteiger partial charge in [0, 0.05) is 32.7 Å². The molecule has 7 nitrogen and oxygen atoms in total.